The Labute approximate surface area is 83.9 Å². The lowest BCUT2D eigenvalue weighted by molar-refractivity contribution is 0.112. The Balaban J connectivity index is 2.43. The minimum atomic E-state index is 0.0253. The Morgan fingerprint density at radius 3 is 2.86 bits per heavy atom. The molecule has 0 saturated carbocycles. The maximum atomic E-state index is 10.9. The van der Waals surface area contributed by atoms with Crippen LogP contribution in [0.15, 0.2) is 24.3 Å². The highest BCUT2D eigenvalue weighted by molar-refractivity contribution is 5.78. The molecule has 1 fully saturated rings. The lowest BCUT2D eigenvalue weighted by Gasteiger charge is -2.23. The third-order valence-electron chi connectivity index (χ3n) is 2.96. The third kappa shape index (κ3) is 1.46. The zero-order chi connectivity index (χ0) is 10.0. The highest BCUT2D eigenvalue weighted by Gasteiger charge is 2.33. The first-order valence-corrected chi connectivity index (χ1v) is 4.89. The summed E-state index contributed by atoms with van der Waals surface area (Å²) in [6.07, 6.45) is 1.93. The van der Waals surface area contributed by atoms with Crippen molar-refractivity contribution in [1.29, 1.82) is 0 Å². The Morgan fingerprint density at radius 1 is 1.43 bits per heavy atom. The Kier molecular flexibility index (Phi) is 2.38. The fourth-order valence-corrected chi connectivity index (χ4v) is 2.03. The monoisotopic (exact) mass is 190 g/mol. The van der Waals surface area contributed by atoms with Crippen LogP contribution in [0.4, 0.5) is 0 Å². The van der Waals surface area contributed by atoms with Gasteiger partial charge in [-0.15, -0.1) is 0 Å². The van der Waals surface area contributed by atoms with Crippen LogP contribution in [0.25, 0.3) is 0 Å². The molecule has 14 heavy (non-hydrogen) atoms. The van der Waals surface area contributed by atoms with E-state index in [0.717, 1.165) is 37.0 Å². The van der Waals surface area contributed by atoms with Crippen molar-refractivity contribution in [2.75, 3.05) is 13.2 Å². The van der Waals surface area contributed by atoms with E-state index in [1.807, 2.05) is 24.3 Å². The van der Waals surface area contributed by atoms with Gasteiger partial charge in [0.1, 0.15) is 6.29 Å². The predicted molar refractivity (Wildman–Crippen MR) is 54.6 cm³/mol. The average molecular weight is 190 g/mol. The summed E-state index contributed by atoms with van der Waals surface area (Å²) in [4.78, 5) is 10.9. The van der Waals surface area contributed by atoms with E-state index in [2.05, 4.69) is 6.92 Å². The third-order valence-corrected chi connectivity index (χ3v) is 2.96. The van der Waals surface area contributed by atoms with Crippen molar-refractivity contribution in [1.82, 2.24) is 0 Å². The first kappa shape index (κ1) is 9.41. The van der Waals surface area contributed by atoms with E-state index in [4.69, 9.17) is 4.74 Å². The van der Waals surface area contributed by atoms with Crippen LogP contribution in [0.2, 0.25) is 0 Å². The molecule has 0 N–H and O–H groups in total. The van der Waals surface area contributed by atoms with Crippen molar-refractivity contribution in [3.8, 4) is 0 Å². The van der Waals surface area contributed by atoms with Crippen LogP contribution in [0.3, 0.4) is 0 Å². The van der Waals surface area contributed by atoms with E-state index in [1.165, 1.54) is 0 Å². The van der Waals surface area contributed by atoms with Gasteiger partial charge in [0, 0.05) is 17.6 Å². The number of hydrogen-bond donors (Lipinski definition) is 0. The maximum absolute atomic E-state index is 10.9. The summed E-state index contributed by atoms with van der Waals surface area (Å²) in [5, 5.41) is 0. The molecule has 1 atom stereocenters. The van der Waals surface area contributed by atoms with Gasteiger partial charge < -0.3 is 4.74 Å². The molecule has 0 aliphatic carbocycles. The van der Waals surface area contributed by atoms with Crippen molar-refractivity contribution in [2.45, 2.75) is 18.8 Å². The summed E-state index contributed by atoms with van der Waals surface area (Å²) in [6, 6.07) is 7.77. The van der Waals surface area contributed by atoms with Crippen molar-refractivity contribution < 1.29 is 9.53 Å². The molecule has 0 amide bonds. The van der Waals surface area contributed by atoms with Crippen molar-refractivity contribution in [2.24, 2.45) is 0 Å². The molecule has 0 aromatic heterocycles. The fraction of sp³-hybridized carbons (Fsp3) is 0.417. The van der Waals surface area contributed by atoms with Gasteiger partial charge in [-0.25, -0.2) is 0 Å². The predicted octanol–water partition coefficient (Wildman–Crippen LogP) is 2.18. The summed E-state index contributed by atoms with van der Waals surface area (Å²) in [7, 11) is 0. The smallest absolute Gasteiger partial charge is 0.150 e. The lowest BCUT2D eigenvalue weighted by Crippen LogP contribution is -2.23. The first-order chi connectivity index (χ1) is 6.76. The van der Waals surface area contributed by atoms with Gasteiger partial charge in [-0.1, -0.05) is 31.2 Å². The fourth-order valence-electron chi connectivity index (χ4n) is 2.03. The number of benzene rings is 1. The SMILES string of the molecule is CC1(c2ccccc2C=O)CCOC1. The first-order valence-electron chi connectivity index (χ1n) is 4.89. The molecule has 1 aliphatic rings. The second-order valence-corrected chi connectivity index (χ2v) is 4.07. The average Bonchev–Trinajstić information content (AvgIpc) is 2.66. The van der Waals surface area contributed by atoms with Crippen LogP contribution in [0.1, 0.15) is 29.3 Å². The molecule has 74 valence electrons. The molecule has 1 heterocycles. The number of aldehydes is 1. The lowest BCUT2D eigenvalue weighted by atomic mass is 9.80. The topological polar surface area (TPSA) is 26.3 Å². The molecule has 1 aromatic rings. The highest BCUT2D eigenvalue weighted by atomic mass is 16.5. The normalized spacial score (nSPS) is 26.4. The Morgan fingerprint density at radius 2 is 2.21 bits per heavy atom. The molecular formula is C12H14O2. The molecule has 1 unspecified atom stereocenters. The molecule has 2 heteroatoms. The van der Waals surface area contributed by atoms with Gasteiger partial charge in [-0.05, 0) is 12.0 Å². The molecule has 1 aliphatic heterocycles. The Bertz CT molecular complexity index is 338. The molecule has 0 bridgehead atoms. The summed E-state index contributed by atoms with van der Waals surface area (Å²) in [6.45, 7) is 3.67. The zero-order valence-electron chi connectivity index (χ0n) is 8.32. The van der Waals surface area contributed by atoms with E-state index in [-0.39, 0.29) is 5.41 Å². The number of carbonyl (C=O) groups is 1. The van der Waals surface area contributed by atoms with Gasteiger partial charge in [-0.3, -0.25) is 4.79 Å². The number of carbonyl (C=O) groups excluding carboxylic acids is 1. The largest absolute Gasteiger partial charge is 0.381 e. The minimum absolute atomic E-state index is 0.0253. The summed E-state index contributed by atoms with van der Waals surface area (Å²) < 4.78 is 5.40. The summed E-state index contributed by atoms with van der Waals surface area (Å²) in [5.74, 6) is 0. The van der Waals surface area contributed by atoms with Crippen LogP contribution in [0.5, 0.6) is 0 Å². The molecule has 2 nitrogen and oxygen atoms in total. The van der Waals surface area contributed by atoms with Gasteiger partial charge in [0.15, 0.2) is 0 Å². The maximum Gasteiger partial charge on any atom is 0.150 e. The van der Waals surface area contributed by atoms with Gasteiger partial charge >= 0.3 is 0 Å². The number of rotatable bonds is 2. The van der Waals surface area contributed by atoms with Gasteiger partial charge in [-0.2, -0.15) is 0 Å². The van der Waals surface area contributed by atoms with Gasteiger partial charge in [0.2, 0.25) is 0 Å². The van der Waals surface area contributed by atoms with Crippen LogP contribution < -0.4 is 0 Å². The minimum Gasteiger partial charge on any atom is -0.381 e. The molecule has 1 aromatic carbocycles. The molecular weight excluding hydrogens is 176 g/mol. The van der Waals surface area contributed by atoms with Crippen molar-refractivity contribution in [3.05, 3.63) is 35.4 Å². The number of ether oxygens (including phenoxy) is 1. The zero-order valence-corrected chi connectivity index (χ0v) is 8.32. The van der Waals surface area contributed by atoms with Crippen molar-refractivity contribution >= 4 is 6.29 Å². The molecule has 0 spiro atoms. The van der Waals surface area contributed by atoms with Crippen LogP contribution >= 0.6 is 0 Å². The van der Waals surface area contributed by atoms with Crippen LogP contribution in [-0.2, 0) is 10.2 Å². The van der Waals surface area contributed by atoms with E-state index in [1.54, 1.807) is 0 Å². The summed E-state index contributed by atoms with van der Waals surface area (Å²) >= 11 is 0. The quantitative estimate of drug-likeness (QED) is 0.668. The second kappa shape index (κ2) is 3.54. The Hall–Kier alpha value is -1.15. The van der Waals surface area contributed by atoms with Gasteiger partial charge in [0.05, 0.1) is 6.61 Å². The second-order valence-electron chi connectivity index (χ2n) is 4.07. The van der Waals surface area contributed by atoms with E-state index in [9.17, 15) is 4.79 Å². The van der Waals surface area contributed by atoms with E-state index < -0.39 is 0 Å². The number of hydrogen-bond acceptors (Lipinski definition) is 2. The van der Waals surface area contributed by atoms with Gasteiger partial charge in [0.25, 0.3) is 0 Å². The molecule has 0 radical (unpaired) electrons. The van der Waals surface area contributed by atoms with Crippen LogP contribution in [0, 0.1) is 0 Å². The van der Waals surface area contributed by atoms with Crippen molar-refractivity contribution in [3.63, 3.8) is 0 Å². The molecule has 2 rings (SSSR count). The standard InChI is InChI=1S/C12H14O2/c1-12(6-7-14-9-12)11-5-3-2-4-10(11)8-13/h2-5,8H,6-7,9H2,1H3. The highest BCUT2D eigenvalue weighted by Crippen LogP contribution is 2.33. The summed E-state index contributed by atoms with van der Waals surface area (Å²) in [5.41, 5.74) is 1.94. The molecule has 1 saturated heterocycles. The van der Waals surface area contributed by atoms with E-state index in [0.29, 0.717) is 0 Å². The van der Waals surface area contributed by atoms with E-state index >= 15 is 0 Å². The van der Waals surface area contributed by atoms with Crippen LogP contribution in [-0.4, -0.2) is 19.5 Å².